The van der Waals surface area contributed by atoms with Crippen LogP contribution in [0.25, 0.3) is 0 Å². The van der Waals surface area contributed by atoms with Gasteiger partial charge in [0, 0.05) is 50.5 Å². The minimum Gasteiger partial charge on any atom is -0.402 e. The molecule has 1 aromatic carbocycles. The Bertz CT molecular complexity index is 619. The largest absolute Gasteiger partial charge is 0.402 e. The van der Waals surface area contributed by atoms with Gasteiger partial charge in [-0.3, -0.25) is 4.90 Å². The van der Waals surface area contributed by atoms with E-state index in [0.29, 0.717) is 23.6 Å². The molecule has 5 heteroatoms. The Morgan fingerprint density at radius 3 is 2.58 bits per heavy atom. The number of nitrogens with two attached hydrogens (primary N) is 2. The summed E-state index contributed by atoms with van der Waals surface area (Å²) >= 11 is 0. The number of anilines is 1. The van der Waals surface area contributed by atoms with Crippen LogP contribution < -0.4 is 16.4 Å². The number of hydrogen-bond donors (Lipinski definition) is 3. The van der Waals surface area contributed by atoms with Crippen LogP contribution >= 0.6 is 0 Å². The molecule has 2 bridgehead atoms. The number of piperidine rings is 3. The summed E-state index contributed by atoms with van der Waals surface area (Å²) in [5.41, 5.74) is 15.6. The number of nitrogens with one attached hydrogen (secondary N) is 1. The number of allylic oxidation sites excluding steroid dienone is 1. The lowest BCUT2D eigenvalue weighted by molar-refractivity contribution is 0.0186. The van der Waals surface area contributed by atoms with Gasteiger partial charge in [-0.1, -0.05) is 12.1 Å². The second-order valence-electron chi connectivity index (χ2n) is 7.27. The highest BCUT2D eigenvalue weighted by molar-refractivity contribution is 6.07. The molecular weight excluding hydrogens is 298 g/mol. The van der Waals surface area contributed by atoms with Gasteiger partial charge in [0.05, 0.1) is 5.71 Å². The first-order valence-electron chi connectivity index (χ1n) is 8.77. The maximum atomic E-state index is 8.36. The quantitative estimate of drug-likeness (QED) is 0.718. The molecule has 0 saturated carbocycles. The maximum absolute atomic E-state index is 8.36. The minimum absolute atomic E-state index is 0.364. The van der Waals surface area contributed by atoms with Gasteiger partial charge in [0.1, 0.15) is 0 Å². The van der Waals surface area contributed by atoms with E-state index in [1.165, 1.54) is 6.42 Å². The lowest BCUT2D eigenvalue weighted by atomic mass is 9.74. The topological polar surface area (TPSA) is 82.4 Å². The van der Waals surface area contributed by atoms with E-state index < -0.39 is 0 Å². The van der Waals surface area contributed by atoms with Gasteiger partial charge in [-0.05, 0) is 49.1 Å². The zero-order chi connectivity index (χ0) is 17.3. The van der Waals surface area contributed by atoms with Gasteiger partial charge < -0.3 is 21.8 Å². The highest BCUT2D eigenvalue weighted by Crippen LogP contribution is 2.38. The normalized spacial score (nSPS) is 29.5. The number of benzene rings is 1. The molecule has 1 aromatic rings. The van der Waals surface area contributed by atoms with Crippen molar-refractivity contribution in [2.45, 2.75) is 18.9 Å². The molecule has 5 N–H and O–H groups in total. The maximum Gasteiger partial charge on any atom is 0.0629 e. The molecule has 0 aliphatic carbocycles. The van der Waals surface area contributed by atoms with Crippen LogP contribution in [0.15, 0.2) is 36.0 Å². The predicted octanol–water partition coefficient (Wildman–Crippen LogP) is 1.63. The van der Waals surface area contributed by atoms with E-state index >= 15 is 0 Å². The van der Waals surface area contributed by atoms with Gasteiger partial charge in [-0.2, -0.15) is 0 Å². The summed E-state index contributed by atoms with van der Waals surface area (Å²) in [6.45, 7) is 2.86. The Morgan fingerprint density at radius 1 is 1.33 bits per heavy atom. The first kappa shape index (κ1) is 17.0. The van der Waals surface area contributed by atoms with Crippen molar-refractivity contribution in [3.8, 4) is 0 Å². The Hall–Kier alpha value is -1.85. The molecule has 24 heavy (non-hydrogen) atoms. The lowest BCUT2D eigenvalue weighted by Gasteiger charge is -2.49. The summed E-state index contributed by atoms with van der Waals surface area (Å²) in [5, 5.41) is 8.36. The van der Waals surface area contributed by atoms with Crippen LogP contribution in [0.3, 0.4) is 0 Å². The predicted molar refractivity (Wildman–Crippen MR) is 100 cm³/mol. The molecule has 3 heterocycles. The van der Waals surface area contributed by atoms with Crippen LogP contribution in [0.5, 0.6) is 0 Å². The van der Waals surface area contributed by atoms with Gasteiger partial charge in [0.25, 0.3) is 0 Å². The first-order valence-corrected chi connectivity index (χ1v) is 8.77. The zero-order valence-electron chi connectivity index (χ0n) is 14.7. The SMILES string of the molecule is CN(C)c1ccc(C(=N)/C=C(\N)[C@H]2CN3CC[C@H]2C[C@@H]3CN)cc1. The molecule has 0 amide bonds. The van der Waals surface area contributed by atoms with Gasteiger partial charge in [0.2, 0.25) is 0 Å². The average Bonchev–Trinajstić information content (AvgIpc) is 2.61. The number of hydrogen-bond acceptors (Lipinski definition) is 5. The zero-order valence-corrected chi connectivity index (χ0v) is 14.7. The summed E-state index contributed by atoms with van der Waals surface area (Å²) in [7, 11) is 4.03. The molecule has 130 valence electrons. The van der Waals surface area contributed by atoms with Crippen molar-refractivity contribution in [1.29, 1.82) is 5.41 Å². The lowest BCUT2D eigenvalue weighted by Crippen LogP contribution is -2.56. The molecule has 3 saturated heterocycles. The van der Waals surface area contributed by atoms with E-state index in [2.05, 4.69) is 9.80 Å². The van der Waals surface area contributed by atoms with Crippen molar-refractivity contribution in [3.63, 3.8) is 0 Å². The standard InChI is InChI=1S/C19H29N5/c1-23(2)15-5-3-13(4-6-15)18(21)10-19(22)17-12-24-8-7-14(17)9-16(24)11-20/h3-6,10,14,16-17,21H,7-9,11-12,20,22H2,1-2H3/b19-10-,21-18?/t14-,16+,17-/m0/s1. The third-order valence-corrected chi connectivity index (χ3v) is 5.58. The van der Waals surface area contributed by atoms with Crippen molar-refractivity contribution in [1.82, 2.24) is 4.90 Å². The molecule has 5 nitrogen and oxygen atoms in total. The highest BCUT2D eigenvalue weighted by Gasteiger charge is 2.40. The molecule has 4 atom stereocenters. The summed E-state index contributed by atoms with van der Waals surface area (Å²) < 4.78 is 0. The highest BCUT2D eigenvalue weighted by atomic mass is 15.2. The summed E-state index contributed by atoms with van der Waals surface area (Å²) in [6, 6.07) is 8.57. The van der Waals surface area contributed by atoms with Gasteiger partial charge in [-0.25, -0.2) is 0 Å². The van der Waals surface area contributed by atoms with Crippen LogP contribution in [0.2, 0.25) is 0 Å². The fourth-order valence-electron chi connectivity index (χ4n) is 4.06. The van der Waals surface area contributed by atoms with E-state index in [4.69, 9.17) is 16.9 Å². The van der Waals surface area contributed by atoms with Crippen LogP contribution in [-0.2, 0) is 0 Å². The number of rotatable bonds is 5. The van der Waals surface area contributed by atoms with Crippen LogP contribution in [0.1, 0.15) is 18.4 Å². The molecular formula is C19H29N5. The van der Waals surface area contributed by atoms with Crippen molar-refractivity contribution >= 4 is 11.4 Å². The summed E-state index contributed by atoms with van der Waals surface area (Å²) in [6.07, 6.45) is 4.19. The number of nitrogens with zero attached hydrogens (tertiary/aromatic N) is 2. The monoisotopic (exact) mass is 327 g/mol. The molecule has 3 aliphatic heterocycles. The molecule has 0 radical (unpaired) electrons. The molecule has 3 aliphatic rings. The summed E-state index contributed by atoms with van der Waals surface area (Å²) in [5.74, 6) is 0.978. The van der Waals surface area contributed by atoms with Crippen molar-refractivity contribution < 1.29 is 0 Å². The van der Waals surface area contributed by atoms with Gasteiger partial charge in [0.15, 0.2) is 0 Å². The van der Waals surface area contributed by atoms with E-state index in [1.54, 1.807) is 0 Å². The Labute approximate surface area is 144 Å². The Balaban J connectivity index is 1.70. The van der Waals surface area contributed by atoms with Crippen molar-refractivity contribution in [2.24, 2.45) is 23.3 Å². The molecule has 3 fully saturated rings. The van der Waals surface area contributed by atoms with Gasteiger partial charge >= 0.3 is 0 Å². The Morgan fingerprint density at radius 2 is 2.04 bits per heavy atom. The van der Waals surface area contributed by atoms with Crippen molar-refractivity contribution in [3.05, 3.63) is 41.6 Å². The van der Waals surface area contributed by atoms with Crippen LogP contribution in [0, 0.1) is 17.2 Å². The molecule has 0 spiro atoms. The van der Waals surface area contributed by atoms with E-state index in [0.717, 1.165) is 43.0 Å². The molecule has 4 rings (SSSR count). The molecule has 0 aromatic heterocycles. The number of fused-ring (bicyclic) bond motifs is 3. The second kappa shape index (κ2) is 6.95. The van der Waals surface area contributed by atoms with Crippen LogP contribution in [-0.4, -0.2) is 50.4 Å². The van der Waals surface area contributed by atoms with E-state index in [-0.39, 0.29) is 0 Å². The third kappa shape index (κ3) is 3.32. The average molecular weight is 327 g/mol. The smallest absolute Gasteiger partial charge is 0.0629 e. The van der Waals surface area contributed by atoms with E-state index in [1.807, 2.05) is 44.4 Å². The fraction of sp³-hybridized carbons (Fsp3) is 0.526. The summed E-state index contributed by atoms with van der Waals surface area (Å²) in [4.78, 5) is 4.53. The van der Waals surface area contributed by atoms with Gasteiger partial charge in [-0.15, -0.1) is 0 Å². The second-order valence-corrected chi connectivity index (χ2v) is 7.27. The fourth-order valence-corrected chi connectivity index (χ4v) is 4.06. The first-order chi connectivity index (χ1) is 11.5. The Kier molecular flexibility index (Phi) is 4.92. The minimum atomic E-state index is 0.364. The van der Waals surface area contributed by atoms with Crippen LogP contribution in [0.4, 0.5) is 5.69 Å². The third-order valence-electron chi connectivity index (χ3n) is 5.58. The van der Waals surface area contributed by atoms with Crippen molar-refractivity contribution in [2.75, 3.05) is 38.6 Å². The molecule has 1 unspecified atom stereocenters. The van der Waals surface area contributed by atoms with E-state index in [9.17, 15) is 0 Å².